The smallest absolute Gasteiger partial charge is 0.332 e. The van der Waals surface area contributed by atoms with Crippen molar-refractivity contribution in [2.24, 2.45) is 0 Å². The Hall–Kier alpha value is -2.09. The van der Waals surface area contributed by atoms with Crippen LogP contribution in [0.1, 0.15) is 12.0 Å². The highest BCUT2D eigenvalue weighted by Crippen LogP contribution is 2.18. The number of aromatic nitrogens is 2. The number of carboxylic acid groups (broad SMARTS) is 1. The number of nitrogens with one attached hydrogen (secondary N) is 2. The minimum Gasteiger partial charge on any atom is -0.479 e. The zero-order chi connectivity index (χ0) is 14.6. The highest BCUT2D eigenvalue weighted by molar-refractivity contribution is 5.86. The van der Waals surface area contributed by atoms with Gasteiger partial charge >= 0.3 is 12.0 Å². The van der Waals surface area contributed by atoms with Crippen LogP contribution < -0.4 is 10.6 Å². The van der Waals surface area contributed by atoms with Crippen LogP contribution in [0.4, 0.5) is 4.79 Å². The maximum absolute atomic E-state index is 11.7. The molecule has 8 nitrogen and oxygen atoms in total. The summed E-state index contributed by atoms with van der Waals surface area (Å²) in [5.41, 5.74) is -0.269. The third kappa shape index (κ3) is 3.27. The number of amides is 2. The highest BCUT2D eigenvalue weighted by Gasteiger charge is 2.43. The standard InChI is InChI=1S/C12H18N4O4/c1-9-6-14-16(7-9)4-3-13-11(19)15-12(10(17)18)2-5-20-8-12/h6-7H,2-5,8H2,1H3,(H,17,18)(H2,13,15,19). The molecular weight excluding hydrogens is 264 g/mol. The van der Waals surface area contributed by atoms with Gasteiger partial charge in [0.05, 0.1) is 19.3 Å². The first-order valence-corrected chi connectivity index (χ1v) is 6.38. The molecule has 1 atom stereocenters. The zero-order valence-electron chi connectivity index (χ0n) is 11.3. The Balaban J connectivity index is 1.78. The van der Waals surface area contributed by atoms with E-state index in [4.69, 9.17) is 4.74 Å². The molecule has 2 amide bonds. The van der Waals surface area contributed by atoms with E-state index in [2.05, 4.69) is 15.7 Å². The van der Waals surface area contributed by atoms with Crippen molar-refractivity contribution in [3.05, 3.63) is 18.0 Å². The molecule has 1 aliphatic rings. The van der Waals surface area contributed by atoms with Crippen LogP contribution in [0.3, 0.4) is 0 Å². The number of nitrogens with zero attached hydrogens (tertiary/aromatic N) is 2. The normalized spacial score (nSPS) is 21.6. The Labute approximate surface area is 116 Å². The largest absolute Gasteiger partial charge is 0.479 e. The number of hydrogen-bond acceptors (Lipinski definition) is 4. The topological polar surface area (TPSA) is 105 Å². The molecule has 2 heterocycles. The van der Waals surface area contributed by atoms with Crippen LogP contribution in [0.25, 0.3) is 0 Å². The molecule has 110 valence electrons. The van der Waals surface area contributed by atoms with Crippen molar-refractivity contribution in [2.75, 3.05) is 19.8 Å². The first-order valence-electron chi connectivity index (χ1n) is 6.38. The molecule has 20 heavy (non-hydrogen) atoms. The van der Waals surface area contributed by atoms with Gasteiger partial charge in [-0.15, -0.1) is 0 Å². The Bertz CT molecular complexity index is 493. The molecule has 1 aliphatic heterocycles. The van der Waals surface area contributed by atoms with Crippen molar-refractivity contribution in [1.82, 2.24) is 20.4 Å². The lowest BCUT2D eigenvalue weighted by molar-refractivity contribution is -0.144. The van der Waals surface area contributed by atoms with Gasteiger partial charge in [0, 0.05) is 25.8 Å². The second kappa shape index (κ2) is 5.91. The number of carbonyl (C=O) groups is 2. The summed E-state index contributed by atoms with van der Waals surface area (Å²) in [6.07, 6.45) is 3.87. The minimum absolute atomic E-state index is 0.00585. The van der Waals surface area contributed by atoms with E-state index in [1.165, 1.54) is 0 Å². The summed E-state index contributed by atoms with van der Waals surface area (Å²) in [5.74, 6) is -1.08. The van der Waals surface area contributed by atoms with Gasteiger partial charge in [0.15, 0.2) is 5.54 Å². The third-order valence-corrected chi connectivity index (χ3v) is 3.17. The molecule has 0 radical (unpaired) electrons. The fourth-order valence-corrected chi connectivity index (χ4v) is 2.02. The van der Waals surface area contributed by atoms with Crippen LogP contribution in [0.2, 0.25) is 0 Å². The number of urea groups is 1. The summed E-state index contributed by atoms with van der Waals surface area (Å²) < 4.78 is 6.77. The number of ether oxygens (including phenoxy) is 1. The molecule has 0 aromatic carbocycles. The van der Waals surface area contributed by atoms with E-state index in [0.29, 0.717) is 19.7 Å². The van der Waals surface area contributed by atoms with Crippen LogP contribution in [0, 0.1) is 6.92 Å². The maximum Gasteiger partial charge on any atom is 0.332 e. The molecule has 8 heteroatoms. The van der Waals surface area contributed by atoms with Crippen LogP contribution in [0.5, 0.6) is 0 Å². The van der Waals surface area contributed by atoms with E-state index >= 15 is 0 Å². The van der Waals surface area contributed by atoms with Crippen LogP contribution in [-0.2, 0) is 16.1 Å². The summed E-state index contributed by atoms with van der Waals surface area (Å²) >= 11 is 0. The van der Waals surface area contributed by atoms with Gasteiger partial charge in [-0.2, -0.15) is 5.10 Å². The van der Waals surface area contributed by atoms with Crippen molar-refractivity contribution >= 4 is 12.0 Å². The second-order valence-corrected chi connectivity index (χ2v) is 4.85. The molecule has 0 aliphatic carbocycles. The van der Waals surface area contributed by atoms with Crippen molar-refractivity contribution in [3.63, 3.8) is 0 Å². The molecule has 1 aromatic rings. The van der Waals surface area contributed by atoms with Gasteiger partial charge in [-0.25, -0.2) is 9.59 Å². The van der Waals surface area contributed by atoms with Gasteiger partial charge in [-0.05, 0) is 12.5 Å². The number of aliphatic carboxylic acids is 1. The number of carboxylic acids is 1. The Morgan fingerprint density at radius 3 is 2.95 bits per heavy atom. The Morgan fingerprint density at radius 2 is 2.40 bits per heavy atom. The molecule has 0 saturated carbocycles. The maximum atomic E-state index is 11.7. The van der Waals surface area contributed by atoms with Gasteiger partial charge in [-0.1, -0.05) is 0 Å². The summed E-state index contributed by atoms with van der Waals surface area (Å²) in [7, 11) is 0. The average molecular weight is 282 g/mol. The minimum atomic E-state index is -1.31. The van der Waals surface area contributed by atoms with Crippen LogP contribution in [-0.4, -0.2) is 52.2 Å². The summed E-state index contributed by atoms with van der Waals surface area (Å²) in [5, 5.41) is 18.4. The van der Waals surface area contributed by atoms with Crippen LogP contribution in [0.15, 0.2) is 12.4 Å². The second-order valence-electron chi connectivity index (χ2n) is 4.85. The van der Waals surface area contributed by atoms with Gasteiger partial charge in [0.1, 0.15) is 0 Å². The van der Waals surface area contributed by atoms with E-state index in [0.717, 1.165) is 5.56 Å². The van der Waals surface area contributed by atoms with Crippen molar-refractivity contribution in [1.29, 1.82) is 0 Å². The number of hydrogen-bond donors (Lipinski definition) is 3. The molecule has 0 bridgehead atoms. The molecule has 0 spiro atoms. The van der Waals surface area contributed by atoms with Crippen molar-refractivity contribution < 1.29 is 19.4 Å². The van der Waals surface area contributed by atoms with Gasteiger partial charge < -0.3 is 20.5 Å². The molecule has 1 saturated heterocycles. The van der Waals surface area contributed by atoms with Crippen molar-refractivity contribution in [2.45, 2.75) is 25.4 Å². The fraction of sp³-hybridized carbons (Fsp3) is 0.583. The highest BCUT2D eigenvalue weighted by atomic mass is 16.5. The van der Waals surface area contributed by atoms with E-state index in [9.17, 15) is 14.7 Å². The van der Waals surface area contributed by atoms with Crippen molar-refractivity contribution in [3.8, 4) is 0 Å². The van der Waals surface area contributed by atoms with Gasteiger partial charge in [0.2, 0.25) is 0 Å². The quantitative estimate of drug-likeness (QED) is 0.689. The Kier molecular flexibility index (Phi) is 4.23. The molecule has 1 fully saturated rings. The SMILES string of the molecule is Cc1cnn(CCNC(=O)NC2(C(=O)O)CCOC2)c1. The van der Waals surface area contributed by atoms with Crippen LogP contribution >= 0.6 is 0 Å². The predicted octanol–water partition coefficient (Wildman–Crippen LogP) is -0.266. The lowest BCUT2D eigenvalue weighted by atomic mass is 9.99. The first kappa shape index (κ1) is 14.3. The number of carbonyl (C=O) groups excluding carboxylic acids is 1. The van der Waals surface area contributed by atoms with Gasteiger partial charge in [0.25, 0.3) is 0 Å². The summed E-state index contributed by atoms with van der Waals surface area (Å²) in [4.78, 5) is 23.0. The number of rotatable bonds is 5. The molecule has 1 aromatic heterocycles. The van der Waals surface area contributed by atoms with E-state index < -0.39 is 17.5 Å². The summed E-state index contributed by atoms with van der Waals surface area (Å²) in [6.45, 7) is 3.15. The molecule has 3 N–H and O–H groups in total. The lowest BCUT2D eigenvalue weighted by Gasteiger charge is -2.23. The molecule has 1 unspecified atom stereocenters. The van der Waals surface area contributed by atoms with E-state index in [1.54, 1.807) is 10.9 Å². The third-order valence-electron chi connectivity index (χ3n) is 3.17. The van der Waals surface area contributed by atoms with E-state index in [1.807, 2.05) is 13.1 Å². The van der Waals surface area contributed by atoms with E-state index in [-0.39, 0.29) is 13.0 Å². The molecule has 2 rings (SSSR count). The average Bonchev–Trinajstić information content (AvgIpc) is 2.99. The Morgan fingerprint density at radius 1 is 1.60 bits per heavy atom. The fourth-order valence-electron chi connectivity index (χ4n) is 2.02. The predicted molar refractivity (Wildman–Crippen MR) is 69.3 cm³/mol. The summed E-state index contributed by atoms with van der Waals surface area (Å²) in [6, 6.07) is -0.512. The zero-order valence-corrected chi connectivity index (χ0v) is 11.3. The lowest BCUT2D eigenvalue weighted by Crippen LogP contribution is -2.58. The van der Waals surface area contributed by atoms with Gasteiger partial charge in [-0.3, -0.25) is 4.68 Å². The monoisotopic (exact) mass is 282 g/mol. The number of aryl methyl sites for hydroxylation is 1. The molecular formula is C12H18N4O4. The first-order chi connectivity index (χ1) is 9.52.